The lowest BCUT2D eigenvalue weighted by Gasteiger charge is -2.24. The molecule has 1 aliphatic rings. The van der Waals surface area contributed by atoms with E-state index in [1.54, 1.807) is 60.3 Å². The van der Waals surface area contributed by atoms with Crippen LogP contribution in [-0.4, -0.2) is 40.7 Å². The standard InChI is InChI=1S/C19H17NO4S/c1-25-12-11-16(19(23)24-13-7-3-2-4-8-13)20-17(21)14-9-5-6-10-15(14)18(20)22/h2-10,16H,11-12H2,1H3/t16-/m1/s1. The van der Waals surface area contributed by atoms with E-state index in [1.807, 2.05) is 12.3 Å². The van der Waals surface area contributed by atoms with Crippen LogP contribution in [0.4, 0.5) is 0 Å². The van der Waals surface area contributed by atoms with Crippen molar-refractivity contribution in [2.24, 2.45) is 0 Å². The number of carbonyl (C=O) groups is 3. The minimum Gasteiger partial charge on any atom is -0.425 e. The van der Waals surface area contributed by atoms with Crippen molar-refractivity contribution in [1.29, 1.82) is 0 Å². The number of rotatable bonds is 6. The Kier molecular flexibility index (Phi) is 5.19. The fourth-order valence-electron chi connectivity index (χ4n) is 2.75. The van der Waals surface area contributed by atoms with Crippen molar-refractivity contribution in [3.8, 4) is 5.75 Å². The van der Waals surface area contributed by atoms with Crippen LogP contribution in [0, 0.1) is 0 Å². The van der Waals surface area contributed by atoms with Crippen molar-refractivity contribution in [2.75, 3.05) is 12.0 Å². The fraction of sp³-hybridized carbons (Fsp3) is 0.211. The molecular formula is C19H17NO4S. The van der Waals surface area contributed by atoms with Crippen LogP contribution in [0.15, 0.2) is 54.6 Å². The Hall–Kier alpha value is -2.60. The Morgan fingerprint density at radius 2 is 1.56 bits per heavy atom. The topological polar surface area (TPSA) is 63.7 Å². The van der Waals surface area contributed by atoms with Gasteiger partial charge in [0.15, 0.2) is 0 Å². The second-order valence-electron chi connectivity index (χ2n) is 5.56. The van der Waals surface area contributed by atoms with Gasteiger partial charge in [-0.1, -0.05) is 30.3 Å². The van der Waals surface area contributed by atoms with Gasteiger partial charge in [0, 0.05) is 0 Å². The van der Waals surface area contributed by atoms with E-state index in [-0.39, 0.29) is 0 Å². The van der Waals surface area contributed by atoms with Gasteiger partial charge < -0.3 is 4.74 Å². The van der Waals surface area contributed by atoms with Crippen molar-refractivity contribution >= 4 is 29.5 Å². The molecule has 0 aliphatic carbocycles. The molecule has 0 fully saturated rings. The summed E-state index contributed by atoms with van der Waals surface area (Å²) in [4.78, 5) is 39.0. The van der Waals surface area contributed by atoms with E-state index in [4.69, 9.17) is 4.74 Å². The summed E-state index contributed by atoms with van der Waals surface area (Å²) in [7, 11) is 0. The number of amides is 2. The Morgan fingerprint density at radius 1 is 1.00 bits per heavy atom. The summed E-state index contributed by atoms with van der Waals surface area (Å²) in [5.74, 6) is -0.483. The minimum atomic E-state index is -0.944. The molecule has 128 valence electrons. The number of hydrogen-bond acceptors (Lipinski definition) is 5. The molecule has 1 atom stereocenters. The van der Waals surface area contributed by atoms with E-state index in [9.17, 15) is 14.4 Å². The van der Waals surface area contributed by atoms with Gasteiger partial charge in [-0.05, 0) is 42.7 Å². The van der Waals surface area contributed by atoms with Crippen LogP contribution in [0.3, 0.4) is 0 Å². The van der Waals surface area contributed by atoms with Gasteiger partial charge in [0.25, 0.3) is 11.8 Å². The molecule has 1 aliphatic heterocycles. The van der Waals surface area contributed by atoms with Gasteiger partial charge in [0.2, 0.25) is 0 Å². The third-order valence-electron chi connectivity index (χ3n) is 3.97. The number of fused-ring (bicyclic) bond motifs is 1. The first-order valence-corrected chi connectivity index (χ1v) is 9.25. The van der Waals surface area contributed by atoms with Crippen molar-refractivity contribution < 1.29 is 19.1 Å². The monoisotopic (exact) mass is 355 g/mol. The molecule has 0 N–H and O–H groups in total. The molecule has 0 unspecified atom stereocenters. The first-order chi connectivity index (χ1) is 12.1. The fourth-order valence-corrected chi connectivity index (χ4v) is 3.20. The van der Waals surface area contributed by atoms with E-state index in [0.29, 0.717) is 29.1 Å². The Morgan fingerprint density at radius 3 is 2.12 bits per heavy atom. The highest BCUT2D eigenvalue weighted by molar-refractivity contribution is 7.98. The number of benzene rings is 2. The number of nitrogens with zero attached hydrogens (tertiary/aromatic N) is 1. The van der Waals surface area contributed by atoms with Gasteiger partial charge in [-0.15, -0.1) is 0 Å². The molecule has 2 aromatic rings. The smallest absolute Gasteiger partial charge is 0.334 e. The van der Waals surface area contributed by atoms with Crippen molar-refractivity contribution in [3.63, 3.8) is 0 Å². The molecule has 2 amide bonds. The lowest BCUT2D eigenvalue weighted by atomic mass is 10.1. The van der Waals surface area contributed by atoms with Gasteiger partial charge in [-0.2, -0.15) is 11.8 Å². The number of para-hydroxylation sites is 1. The molecule has 2 aromatic carbocycles. The van der Waals surface area contributed by atoms with Crippen LogP contribution in [0.2, 0.25) is 0 Å². The summed E-state index contributed by atoms with van der Waals surface area (Å²) in [6.07, 6.45) is 2.25. The molecular weight excluding hydrogens is 338 g/mol. The van der Waals surface area contributed by atoms with Crippen molar-refractivity contribution in [2.45, 2.75) is 12.5 Å². The first kappa shape index (κ1) is 17.2. The summed E-state index contributed by atoms with van der Waals surface area (Å²) < 4.78 is 5.39. The number of esters is 1. The summed E-state index contributed by atoms with van der Waals surface area (Å²) in [6.45, 7) is 0. The predicted octanol–water partition coefficient (Wildman–Crippen LogP) is 3.01. The van der Waals surface area contributed by atoms with Gasteiger partial charge in [-0.25, -0.2) is 4.79 Å². The average Bonchev–Trinajstić information content (AvgIpc) is 2.88. The van der Waals surface area contributed by atoms with E-state index in [1.165, 1.54) is 0 Å². The number of hydrogen-bond donors (Lipinski definition) is 0. The molecule has 3 rings (SSSR count). The first-order valence-electron chi connectivity index (χ1n) is 7.86. The normalized spacial score (nSPS) is 14.4. The Balaban J connectivity index is 1.87. The molecule has 0 saturated heterocycles. The molecule has 0 spiro atoms. The Bertz CT molecular complexity index is 771. The maximum atomic E-state index is 12.7. The molecule has 1 heterocycles. The van der Waals surface area contributed by atoms with Gasteiger partial charge in [0.05, 0.1) is 11.1 Å². The zero-order valence-corrected chi connectivity index (χ0v) is 14.5. The maximum absolute atomic E-state index is 12.7. The highest BCUT2D eigenvalue weighted by atomic mass is 32.2. The lowest BCUT2D eigenvalue weighted by molar-refractivity contribution is -0.138. The molecule has 0 radical (unpaired) electrons. The molecule has 0 saturated carbocycles. The van der Waals surface area contributed by atoms with Gasteiger partial charge in [-0.3, -0.25) is 14.5 Å². The Labute approximate surface area is 150 Å². The van der Waals surface area contributed by atoms with Gasteiger partial charge in [0.1, 0.15) is 11.8 Å². The van der Waals surface area contributed by atoms with Gasteiger partial charge >= 0.3 is 5.97 Å². The average molecular weight is 355 g/mol. The second kappa shape index (κ2) is 7.53. The van der Waals surface area contributed by atoms with Crippen molar-refractivity contribution in [1.82, 2.24) is 4.90 Å². The molecule has 0 bridgehead atoms. The highest BCUT2D eigenvalue weighted by Crippen LogP contribution is 2.27. The van der Waals surface area contributed by atoms with Crippen LogP contribution in [-0.2, 0) is 4.79 Å². The summed E-state index contributed by atoms with van der Waals surface area (Å²) >= 11 is 1.54. The quantitative estimate of drug-likeness (QED) is 0.453. The zero-order chi connectivity index (χ0) is 17.8. The van der Waals surface area contributed by atoms with E-state index >= 15 is 0 Å². The predicted molar refractivity (Wildman–Crippen MR) is 95.8 cm³/mol. The van der Waals surface area contributed by atoms with Crippen LogP contribution >= 0.6 is 11.8 Å². The second-order valence-corrected chi connectivity index (χ2v) is 6.54. The largest absolute Gasteiger partial charge is 0.425 e. The van der Waals surface area contributed by atoms with E-state index in [0.717, 1.165) is 4.90 Å². The SMILES string of the molecule is CSCC[C@H](C(=O)Oc1ccccc1)N1C(=O)c2ccccc2C1=O. The third-order valence-corrected chi connectivity index (χ3v) is 4.61. The van der Waals surface area contributed by atoms with E-state index < -0.39 is 23.8 Å². The highest BCUT2D eigenvalue weighted by Gasteiger charge is 2.43. The molecule has 25 heavy (non-hydrogen) atoms. The number of ether oxygens (including phenoxy) is 1. The number of carbonyl (C=O) groups excluding carboxylic acids is 3. The number of imide groups is 1. The molecule has 6 heteroatoms. The minimum absolute atomic E-state index is 0.328. The third kappa shape index (κ3) is 3.44. The van der Waals surface area contributed by atoms with Crippen LogP contribution in [0.1, 0.15) is 27.1 Å². The van der Waals surface area contributed by atoms with Crippen LogP contribution in [0.25, 0.3) is 0 Å². The summed E-state index contributed by atoms with van der Waals surface area (Å²) in [5.41, 5.74) is 0.656. The molecule has 5 nitrogen and oxygen atoms in total. The van der Waals surface area contributed by atoms with E-state index in [2.05, 4.69) is 0 Å². The number of thioether (sulfide) groups is 1. The zero-order valence-electron chi connectivity index (χ0n) is 13.7. The molecule has 0 aromatic heterocycles. The van der Waals surface area contributed by atoms with Crippen LogP contribution in [0.5, 0.6) is 5.75 Å². The summed E-state index contributed by atoms with van der Waals surface area (Å²) in [5, 5.41) is 0. The van der Waals surface area contributed by atoms with Crippen LogP contribution < -0.4 is 4.74 Å². The summed E-state index contributed by atoms with van der Waals surface area (Å²) in [6, 6.07) is 14.3. The lowest BCUT2D eigenvalue weighted by Crippen LogP contribution is -2.47. The maximum Gasteiger partial charge on any atom is 0.334 e. The van der Waals surface area contributed by atoms with Crippen molar-refractivity contribution in [3.05, 3.63) is 65.7 Å².